The second-order valence-electron chi connectivity index (χ2n) is 5.80. The smallest absolute Gasteiger partial charge is 0.129 e. The second-order valence-corrected chi connectivity index (χ2v) is 5.80. The molecule has 112 valence electrons. The van der Waals surface area contributed by atoms with Gasteiger partial charge in [0.1, 0.15) is 5.82 Å². The van der Waals surface area contributed by atoms with Crippen LogP contribution in [0.1, 0.15) is 57.2 Å². The first-order valence-electron chi connectivity index (χ1n) is 8.20. The van der Waals surface area contributed by atoms with Gasteiger partial charge in [-0.25, -0.2) is 4.98 Å². The highest BCUT2D eigenvalue weighted by molar-refractivity contribution is 5.43. The van der Waals surface area contributed by atoms with Crippen LogP contribution in [-0.2, 0) is 6.54 Å². The zero-order valence-corrected chi connectivity index (χ0v) is 13.3. The first kappa shape index (κ1) is 15.3. The highest BCUT2D eigenvalue weighted by Gasteiger charge is 2.20. The fraction of sp³-hybridized carbons (Fsp3) is 0.706. The number of aryl methyl sites for hydroxylation is 1. The number of aromatic nitrogens is 1. The van der Waals surface area contributed by atoms with Crippen LogP contribution in [0.15, 0.2) is 12.1 Å². The molecule has 2 heterocycles. The summed E-state index contributed by atoms with van der Waals surface area (Å²) < 4.78 is 0. The van der Waals surface area contributed by atoms with E-state index in [4.69, 9.17) is 4.98 Å². The van der Waals surface area contributed by atoms with Crippen molar-refractivity contribution in [1.29, 1.82) is 0 Å². The van der Waals surface area contributed by atoms with Crippen molar-refractivity contribution in [1.82, 2.24) is 10.3 Å². The van der Waals surface area contributed by atoms with Gasteiger partial charge in [0.2, 0.25) is 0 Å². The van der Waals surface area contributed by atoms with Gasteiger partial charge in [-0.15, -0.1) is 0 Å². The molecule has 1 N–H and O–H groups in total. The standard InChI is InChI=1S/C17H29N3/c1-4-16-9-7-6-8-12-20(16)17-11-10-15(13-18-5-2)14(3)19-17/h10-11,16,18H,4-9,12-13H2,1-3H3. The Balaban J connectivity index is 2.16. The summed E-state index contributed by atoms with van der Waals surface area (Å²) in [5, 5.41) is 3.38. The first-order valence-corrected chi connectivity index (χ1v) is 8.20. The minimum absolute atomic E-state index is 0.670. The van der Waals surface area contributed by atoms with Crippen molar-refractivity contribution in [3.8, 4) is 0 Å². The summed E-state index contributed by atoms with van der Waals surface area (Å²) in [4.78, 5) is 7.41. The molecule has 1 unspecified atom stereocenters. The van der Waals surface area contributed by atoms with Crippen LogP contribution in [0.5, 0.6) is 0 Å². The van der Waals surface area contributed by atoms with Crippen LogP contribution < -0.4 is 10.2 Å². The van der Waals surface area contributed by atoms with Crippen LogP contribution >= 0.6 is 0 Å². The number of anilines is 1. The monoisotopic (exact) mass is 275 g/mol. The van der Waals surface area contributed by atoms with Gasteiger partial charge in [-0.2, -0.15) is 0 Å². The lowest BCUT2D eigenvalue weighted by molar-refractivity contribution is 0.551. The lowest BCUT2D eigenvalue weighted by atomic mass is 10.1. The molecule has 0 bridgehead atoms. The highest BCUT2D eigenvalue weighted by atomic mass is 15.2. The van der Waals surface area contributed by atoms with Gasteiger partial charge in [-0.05, 0) is 44.4 Å². The molecule has 1 aromatic rings. The maximum Gasteiger partial charge on any atom is 0.129 e. The number of hydrogen-bond donors (Lipinski definition) is 1. The van der Waals surface area contributed by atoms with Crippen molar-refractivity contribution in [2.45, 2.75) is 65.5 Å². The van der Waals surface area contributed by atoms with Crippen molar-refractivity contribution in [2.75, 3.05) is 18.0 Å². The third-order valence-electron chi connectivity index (χ3n) is 4.39. The molecule has 1 fully saturated rings. The first-order chi connectivity index (χ1) is 9.76. The maximum absolute atomic E-state index is 4.88. The third kappa shape index (κ3) is 3.72. The van der Waals surface area contributed by atoms with Gasteiger partial charge in [0, 0.05) is 24.8 Å². The molecule has 2 rings (SSSR count). The average Bonchev–Trinajstić information content (AvgIpc) is 2.71. The summed E-state index contributed by atoms with van der Waals surface area (Å²) in [6, 6.07) is 5.13. The Morgan fingerprint density at radius 2 is 2.10 bits per heavy atom. The van der Waals surface area contributed by atoms with Gasteiger partial charge in [0.15, 0.2) is 0 Å². The van der Waals surface area contributed by atoms with Crippen LogP contribution in [0.3, 0.4) is 0 Å². The number of hydrogen-bond acceptors (Lipinski definition) is 3. The minimum atomic E-state index is 0.670. The number of nitrogens with zero attached hydrogens (tertiary/aromatic N) is 2. The van der Waals surface area contributed by atoms with E-state index in [0.717, 1.165) is 19.6 Å². The van der Waals surface area contributed by atoms with Crippen molar-refractivity contribution in [2.24, 2.45) is 0 Å². The molecule has 0 aliphatic carbocycles. The number of pyridine rings is 1. The SMILES string of the molecule is CCNCc1ccc(N2CCCCCC2CC)nc1C. The van der Waals surface area contributed by atoms with Crippen LogP contribution in [0, 0.1) is 6.92 Å². The van der Waals surface area contributed by atoms with Crippen molar-refractivity contribution in [3.05, 3.63) is 23.4 Å². The van der Waals surface area contributed by atoms with Gasteiger partial charge in [0.05, 0.1) is 0 Å². The third-order valence-corrected chi connectivity index (χ3v) is 4.39. The molecule has 1 aliphatic heterocycles. The molecule has 0 spiro atoms. The molecule has 0 aromatic carbocycles. The van der Waals surface area contributed by atoms with E-state index in [-0.39, 0.29) is 0 Å². The fourth-order valence-electron chi connectivity index (χ4n) is 3.09. The molecule has 1 atom stereocenters. The molecular formula is C17H29N3. The van der Waals surface area contributed by atoms with Crippen LogP contribution in [0.4, 0.5) is 5.82 Å². The molecule has 1 saturated heterocycles. The van der Waals surface area contributed by atoms with E-state index in [2.05, 4.69) is 43.1 Å². The van der Waals surface area contributed by atoms with E-state index >= 15 is 0 Å². The lowest BCUT2D eigenvalue weighted by Gasteiger charge is -2.30. The van der Waals surface area contributed by atoms with E-state index in [0.29, 0.717) is 6.04 Å². The average molecular weight is 275 g/mol. The summed E-state index contributed by atoms with van der Waals surface area (Å²) in [6.45, 7) is 9.67. The molecule has 3 heteroatoms. The Hall–Kier alpha value is -1.09. The Labute approximate surface area is 123 Å². The van der Waals surface area contributed by atoms with Crippen LogP contribution in [0.25, 0.3) is 0 Å². The van der Waals surface area contributed by atoms with Gasteiger partial charge in [0.25, 0.3) is 0 Å². The Morgan fingerprint density at radius 3 is 2.80 bits per heavy atom. The fourth-order valence-corrected chi connectivity index (χ4v) is 3.09. The van der Waals surface area contributed by atoms with Crippen molar-refractivity contribution >= 4 is 5.82 Å². The Kier molecular flexibility index (Phi) is 5.84. The van der Waals surface area contributed by atoms with Gasteiger partial charge in [-0.1, -0.05) is 32.8 Å². The summed E-state index contributed by atoms with van der Waals surface area (Å²) in [5.74, 6) is 1.18. The molecular weight excluding hydrogens is 246 g/mol. The molecule has 0 amide bonds. The van der Waals surface area contributed by atoms with E-state index in [1.54, 1.807) is 0 Å². The predicted molar refractivity (Wildman–Crippen MR) is 86.2 cm³/mol. The van der Waals surface area contributed by atoms with Gasteiger partial charge in [-0.3, -0.25) is 0 Å². The molecule has 0 saturated carbocycles. The lowest BCUT2D eigenvalue weighted by Crippen LogP contribution is -2.35. The Morgan fingerprint density at radius 1 is 1.25 bits per heavy atom. The van der Waals surface area contributed by atoms with Gasteiger partial charge < -0.3 is 10.2 Å². The molecule has 1 aromatic heterocycles. The minimum Gasteiger partial charge on any atom is -0.354 e. The van der Waals surface area contributed by atoms with Crippen LogP contribution in [-0.4, -0.2) is 24.1 Å². The normalized spacial score (nSPS) is 19.9. The topological polar surface area (TPSA) is 28.2 Å². The van der Waals surface area contributed by atoms with E-state index < -0.39 is 0 Å². The van der Waals surface area contributed by atoms with Crippen molar-refractivity contribution < 1.29 is 0 Å². The Bertz CT molecular complexity index is 417. The summed E-state index contributed by atoms with van der Waals surface area (Å²) in [6.07, 6.45) is 6.57. The molecule has 3 nitrogen and oxygen atoms in total. The highest BCUT2D eigenvalue weighted by Crippen LogP contribution is 2.25. The van der Waals surface area contributed by atoms with E-state index in [1.165, 1.54) is 49.2 Å². The largest absolute Gasteiger partial charge is 0.354 e. The van der Waals surface area contributed by atoms with E-state index in [1.807, 2.05) is 0 Å². The number of nitrogens with one attached hydrogen (secondary N) is 1. The molecule has 20 heavy (non-hydrogen) atoms. The van der Waals surface area contributed by atoms with E-state index in [9.17, 15) is 0 Å². The van der Waals surface area contributed by atoms with Crippen molar-refractivity contribution in [3.63, 3.8) is 0 Å². The molecule has 1 aliphatic rings. The predicted octanol–water partition coefficient (Wildman–Crippen LogP) is 3.66. The summed E-state index contributed by atoms with van der Waals surface area (Å²) in [5.41, 5.74) is 2.49. The quantitative estimate of drug-likeness (QED) is 0.889. The van der Waals surface area contributed by atoms with Gasteiger partial charge >= 0.3 is 0 Å². The maximum atomic E-state index is 4.88. The zero-order chi connectivity index (χ0) is 14.4. The zero-order valence-electron chi connectivity index (χ0n) is 13.3. The second kappa shape index (κ2) is 7.63. The van der Waals surface area contributed by atoms with Crippen LogP contribution in [0.2, 0.25) is 0 Å². The summed E-state index contributed by atoms with van der Waals surface area (Å²) in [7, 11) is 0. The number of rotatable bonds is 5. The molecule has 0 radical (unpaired) electrons. The summed E-state index contributed by atoms with van der Waals surface area (Å²) >= 11 is 0.